The molecule has 2 rings (SSSR count). The van der Waals surface area contributed by atoms with Crippen molar-refractivity contribution < 1.29 is 14.0 Å². The normalized spacial score (nSPS) is 10.3. The monoisotopic (exact) mass is 315 g/mol. The molecule has 0 heterocycles. The molecule has 2 aromatic carbocycles. The highest BCUT2D eigenvalue weighted by atomic mass is 19.1. The number of hydrogen-bond acceptors (Lipinski definition) is 2. The number of anilines is 2. The Labute approximate surface area is 133 Å². The summed E-state index contributed by atoms with van der Waals surface area (Å²) in [5.41, 5.74) is 1.39. The summed E-state index contributed by atoms with van der Waals surface area (Å²) in [5.74, 6) is -0.598. The number of halogens is 1. The molecule has 0 bridgehead atoms. The second-order valence-corrected chi connectivity index (χ2v) is 5.29. The summed E-state index contributed by atoms with van der Waals surface area (Å²) in [6, 6.07) is 11.7. The van der Waals surface area contributed by atoms with Gasteiger partial charge in [0.15, 0.2) is 0 Å². The van der Waals surface area contributed by atoms with Crippen LogP contribution in [0.2, 0.25) is 0 Å². The molecule has 3 amide bonds. The SMILES string of the molecule is CC(C)NC(=O)c1ccc(NC(=O)Nc2cccc(F)c2)cc1. The minimum Gasteiger partial charge on any atom is -0.350 e. The Morgan fingerprint density at radius 2 is 1.61 bits per heavy atom. The second kappa shape index (κ2) is 7.40. The zero-order valence-corrected chi connectivity index (χ0v) is 12.9. The van der Waals surface area contributed by atoms with Crippen molar-refractivity contribution in [1.82, 2.24) is 5.32 Å². The third kappa shape index (κ3) is 5.10. The quantitative estimate of drug-likeness (QED) is 0.806. The van der Waals surface area contributed by atoms with Crippen molar-refractivity contribution in [2.45, 2.75) is 19.9 Å². The van der Waals surface area contributed by atoms with Crippen LogP contribution in [0.1, 0.15) is 24.2 Å². The summed E-state index contributed by atoms with van der Waals surface area (Å²) in [7, 11) is 0. The summed E-state index contributed by atoms with van der Waals surface area (Å²) in [6.45, 7) is 3.76. The number of nitrogens with one attached hydrogen (secondary N) is 3. The van der Waals surface area contributed by atoms with E-state index in [1.807, 2.05) is 13.8 Å². The third-order valence-corrected chi connectivity index (χ3v) is 2.91. The van der Waals surface area contributed by atoms with Crippen molar-refractivity contribution in [3.63, 3.8) is 0 Å². The molecule has 0 aliphatic carbocycles. The van der Waals surface area contributed by atoms with Gasteiger partial charge in [-0.1, -0.05) is 6.07 Å². The zero-order chi connectivity index (χ0) is 16.8. The van der Waals surface area contributed by atoms with E-state index < -0.39 is 11.8 Å². The Bertz CT molecular complexity index is 699. The number of urea groups is 1. The average molecular weight is 315 g/mol. The van der Waals surface area contributed by atoms with Gasteiger partial charge in [0.05, 0.1) is 0 Å². The largest absolute Gasteiger partial charge is 0.350 e. The van der Waals surface area contributed by atoms with E-state index in [1.54, 1.807) is 30.3 Å². The predicted molar refractivity (Wildman–Crippen MR) is 88.1 cm³/mol. The van der Waals surface area contributed by atoms with E-state index >= 15 is 0 Å². The number of benzene rings is 2. The van der Waals surface area contributed by atoms with Crippen molar-refractivity contribution in [3.05, 3.63) is 59.9 Å². The lowest BCUT2D eigenvalue weighted by Crippen LogP contribution is -2.30. The minimum absolute atomic E-state index is 0.0531. The van der Waals surface area contributed by atoms with Crippen molar-refractivity contribution in [2.75, 3.05) is 10.6 Å². The van der Waals surface area contributed by atoms with E-state index in [2.05, 4.69) is 16.0 Å². The maximum atomic E-state index is 13.0. The fourth-order valence-corrected chi connectivity index (χ4v) is 1.91. The van der Waals surface area contributed by atoms with Crippen LogP contribution in [-0.4, -0.2) is 18.0 Å². The number of hydrogen-bond donors (Lipinski definition) is 3. The molecule has 0 fully saturated rings. The Balaban J connectivity index is 1.95. The maximum Gasteiger partial charge on any atom is 0.323 e. The minimum atomic E-state index is -0.491. The Morgan fingerprint density at radius 1 is 0.957 bits per heavy atom. The van der Waals surface area contributed by atoms with Gasteiger partial charge in [-0.2, -0.15) is 0 Å². The van der Waals surface area contributed by atoms with Crippen LogP contribution in [0.4, 0.5) is 20.6 Å². The fourth-order valence-electron chi connectivity index (χ4n) is 1.91. The molecule has 0 aliphatic rings. The van der Waals surface area contributed by atoms with Crippen LogP contribution < -0.4 is 16.0 Å². The van der Waals surface area contributed by atoms with Crippen molar-refractivity contribution in [1.29, 1.82) is 0 Å². The highest BCUT2D eigenvalue weighted by Gasteiger charge is 2.08. The molecule has 0 saturated heterocycles. The first-order chi connectivity index (χ1) is 10.9. The van der Waals surface area contributed by atoms with Gasteiger partial charge in [0.2, 0.25) is 0 Å². The fraction of sp³-hybridized carbons (Fsp3) is 0.176. The topological polar surface area (TPSA) is 70.2 Å². The highest BCUT2D eigenvalue weighted by Crippen LogP contribution is 2.12. The Hall–Kier alpha value is -2.89. The summed E-state index contributed by atoms with van der Waals surface area (Å²) in [4.78, 5) is 23.6. The second-order valence-electron chi connectivity index (χ2n) is 5.29. The van der Waals surface area contributed by atoms with Crippen LogP contribution in [0.5, 0.6) is 0 Å². The summed E-state index contributed by atoms with van der Waals surface area (Å²) in [5, 5.41) is 7.92. The van der Waals surface area contributed by atoms with E-state index in [0.29, 0.717) is 16.9 Å². The predicted octanol–water partition coefficient (Wildman–Crippen LogP) is 3.61. The lowest BCUT2D eigenvalue weighted by atomic mass is 10.2. The van der Waals surface area contributed by atoms with E-state index in [0.717, 1.165) is 0 Å². The molecule has 6 heteroatoms. The molecule has 0 aliphatic heterocycles. The number of carbonyl (C=O) groups is 2. The number of carbonyl (C=O) groups excluding carboxylic acids is 2. The highest BCUT2D eigenvalue weighted by molar-refractivity contribution is 6.00. The van der Waals surface area contributed by atoms with Gasteiger partial charge in [-0.15, -0.1) is 0 Å². The molecule has 120 valence electrons. The summed E-state index contributed by atoms with van der Waals surface area (Å²) >= 11 is 0. The zero-order valence-electron chi connectivity index (χ0n) is 12.9. The molecule has 0 aromatic heterocycles. The molecule has 3 N–H and O–H groups in total. The molecule has 0 atom stereocenters. The van der Waals surface area contributed by atoms with E-state index in [9.17, 15) is 14.0 Å². The smallest absolute Gasteiger partial charge is 0.323 e. The first-order valence-electron chi connectivity index (χ1n) is 7.18. The Morgan fingerprint density at radius 3 is 2.22 bits per heavy atom. The van der Waals surface area contributed by atoms with Gasteiger partial charge in [0.25, 0.3) is 5.91 Å². The van der Waals surface area contributed by atoms with Crippen molar-refractivity contribution >= 4 is 23.3 Å². The van der Waals surface area contributed by atoms with Gasteiger partial charge in [0, 0.05) is 23.0 Å². The molecule has 0 saturated carbocycles. The van der Waals surface area contributed by atoms with Crippen LogP contribution in [0, 0.1) is 5.82 Å². The van der Waals surface area contributed by atoms with Crippen LogP contribution >= 0.6 is 0 Å². The van der Waals surface area contributed by atoms with Gasteiger partial charge in [0.1, 0.15) is 5.82 Å². The average Bonchev–Trinajstić information content (AvgIpc) is 2.47. The maximum absolute atomic E-state index is 13.0. The van der Waals surface area contributed by atoms with Crippen LogP contribution in [0.3, 0.4) is 0 Å². The molecule has 0 spiro atoms. The van der Waals surface area contributed by atoms with Gasteiger partial charge >= 0.3 is 6.03 Å². The summed E-state index contributed by atoms with van der Waals surface area (Å²) < 4.78 is 13.0. The van der Waals surface area contributed by atoms with Gasteiger partial charge in [-0.05, 0) is 56.3 Å². The molecule has 23 heavy (non-hydrogen) atoms. The first kappa shape index (κ1) is 16.5. The van der Waals surface area contributed by atoms with Crippen LogP contribution in [-0.2, 0) is 0 Å². The van der Waals surface area contributed by atoms with Crippen molar-refractivity contribution in [2.24, 2.45) is 0 Å². The lowest BCUT2D eigenvalue weighted by molar-refractivity contribution is 0.0943. The molecule has 0 unspecified atom stereocenters. The van der Waals surface area contributed by atoms with Crippen molar-refractivity contribution in [3.8, 4) is 0 Å². The van der Waals surface area contributed by atoms with Gasteiger partial charge in [-0.25, -0.2) is 9.18 Å². The number of amides is 3. The molecule has 5 nitrogen and oxygen atoms in total. The van der Waals surface area contributed by atoms with Crippen LogP contribution in [0.25, 0.3) is 0 Å². The van der Waals surface area contributed by atoms with Gasteiger partial charge < -0.3 is 16.0 Å². The van der Waals surface area contributed by atoms with Crippen LogP contribution in [0.15, 0.2) is 48.5 Å². The van der Waals surface area contributed by atoms with Gasteiger partial charge in [-0.3, -0.25) is 4.79 Å². The lowest BCUT2D eigenvalue weighted by Gasteiger charge is -2.10. The van der Waals surface area contributed by atoms with E-state index in [4.69, 9.17) is 0 Å². The first-order valence-corrected chi connectivity index (χ1v) is 7.18. The van der Waals surface area contributed by atoms with E-state index in [1.165, 1.54) is 18.2 Å². The summed E-state index contributed by atoms with van der Waals surface area (Å²) in [6.07, 6.45) is 0. The molecular weight excluding hydrogens is 297 g/mol. The molecule has 2 aromatic rings. The Kier molecular flexibility index (Phi) is 5.30. The van der Waals surface area contributed by atoms with E-state index in [-0.39, 0.29) is 11.9 Å². The third-order valence-electron chi connectivity index (χ3n) is 2.91. The standard InChI is InChI=1S/C17H18FN3O2/c1-11(2)19-16(22)12-6-8-14(9-7-12)20-17(23)21-15-5-3-4-13(18)10-15/h3-11H,1-2H3,(H,19,22)(H2,20,21,23). The molecular formula is C17H18FN3O2. The number of rotatable bonds is 4. The molecule has 0 radical (unpaired) electrons.